The lowest BCUT2D eigenvalue weighted by molar-refractivity contribution is 0.0890. The number of halogens is 1. The second-order valence-electron chi connectivity index (χ2n) is 6.47. The maximum absolute atomic E-state index is 13.2. The Morgan fingerprint density at radius 1 is 1.32 bits per heavy atom. The van der Waals surface area contributed by atoms with E-state index in [1.807, 2.05) is 13.1 Å². The molecule has 3 aromatic rings. The molecule has 1 aromatic carbocycles. The number of Topliss-reactive ketones (excluding diaryl/α,β-unsaturated/α-hetero) is 1. The highest BCUT2D eigenvalue weighted by molar-refractivity contribution is 6.04. The van der Waals surface area contributed by atoms with Crippen molar-refractivity contribution < 1.29 is 13.7 Å². The van der Waals surface area contributed by atoms with Crippen molar-refractivity contribution in [2.24, 2.45) is 5.92 Å². The summed E-state index contributed by atoms with van der Waals surface area (Å²) >= 11 is 0. The molecular weight excluding hydrogens is 321 g/mol. The second-order valence-corrected chi connectivity index (χ2v) is 6.47. The standard InChI is InChI=1S/C19H18FN3O2/c1-11-21-10-15(22-11)8-4-13-5-9-16-17(19(13)24)18(23-25-16)12-2-6-14(20)7-3-12/h2-3,6-7,10,13H,4-5,8-9H2,1H3,(H,21,22). The number of aryl methyl sites for hydroxylation is 3. The van der Waals surface area contributed by atoms with Crippen LogP contribution in [0.25, 0.3) is 11.3 Å². The predicted molar refractivity (Wildman–Crippen MR) is 89.7 cm³/mol. The molecule has 1 unspecified atom stereocenters. The molecule has 25 heavy (non-hydrogen) atoms. The van der Waals surface area contributed by atoms with Crippen molar-refractivity contribution in [2.45, 2.75) is 32.6 Å². The number of benzene rings is 1. The summed E-state index contributed by atoms with van der Waals surface area (Å²) < 4.78 is 18.5. The first kappa shape index (κ1) is 15.7. The average Bonchev–Trinajstić information content (AvgIpc) is 3.22. The molecule has 1 aliphatic rings. The van der Waals surface area contributed by atoms with E-state index >= 15 is 0 Å². The number of fused-ring (bicyclic) bond motifs is 1. The minimum absolute atomic E-state index is 0.0605. The van der Waals surface area contributed by atoms with Crippen molar-refractivity contribution in [1.29, 1.82) is 0 Å². The van der Waals surface area contributed by atoms with Gasteiger partial charge < -0.3 is 9.51 Å². The van der Waals surface area contributed by atoms with Crippen LogP contribution < -0.4 is 0 Å². The van der Waals surface area contributed by atoms with E-state index in [0.717, 1.165) is 30.8 Å². The van der Waals surface area contributed by atoms with Gasteiger partial charge in [-0.25, -0.2) is 9.37 Å². The topological polar surface area (TPSA) is 71.8 Å². The van der Waals surface area contributed by atoms with Crippen molar-refractivity contribution in [2.75, 3.05) is 0 Å². The first-order valence-corrected chi connectivity index (χ1v) is 8.41. The minimum Gasteiger partial charge on any atom is -0.360 e. The van der Waals surface area contributed by atoms with Gasteiger partial charge in [-0.1, -0.05) is 5.16 Å². The zero-order chi connectivity index (χ0) is 17.4. The zero-order valence-corrected chi connectivity index (χ0v) is 13.9. The van der Waals surface area contributed by atoms with E-state index < -0.39 is 0 Å². The fourth-order valence-electron chi connectivity index (χ4n) is 3.40. The van der Waals surface area contributed by atoms with Gasteiger partial charge in [0.25, 0.3) is 0 Å². The van der Waals surface area contributed by atoms with Crippen molar-refractivity contribution in [3.63, 3.8) is 0 Å². The molecule has 0 radical (unpaired) electrons. The number of hydrogen-bond acceptors (Lipinski definition) is 4. The third-order valence-electron chi connectivity index (χ3n) is 4.74. The SMILES string of the molecule is Cc1ncc(CCC2CCc3onc(-c4ccc(F)cc4)c3C2=O)[nH]1. The maximum Gasteiger partial charge on any atom is 0.171 e. The summed E-state index contributed by atoms with van der Waals surface area (Å²) in [6.45, 7) is 1.91. The van der Waals surface area contributed by atoms with Gasteiger partial charge in [-0.2, -0.15) is 0 Å². The van der Waals surface area contributed by atoms with Gasteiger partial charge in [0, 0.05) is 29.8 Å². The number of H-pyrrole nitrogens is 1. The Morgan fingerprint density at radius 3 is 2.84 bits per heavy atom. The van der Waals surface area contributed by atoms with E-state index in [1.54, 1.807) is 12.1 Å². The molecule has 2 aromatic heterocycles. The molecule has 2 heterocycles. The lowest BCUT2D eigenvalue weighted by atomic mass is 9.82. The van der Waals surface area contributed by atoms with Crippen molar-refractivity contribution >= 4 is 5.78 Å². The fourth-order valence-corrected chi connectivity index (χ4v) is 3.40. The smallest absolute Gasteiger partial charge is 0.171 e. The lowest BCUT2D eigenvalue weighted by Gasteiger charge is -2.19. The molecule has 1 aliphatic carbocycles. The first-order valence-electron chi connectivity index (χ1n) is 8.41. The number of imidazole rings is 1. The molecule has 0 amide bonds. The van der Waals surface area contributed by atoms with Crippen LogP contribution in [0, 0.1) is 18.7 Å². The number of carbonyl (C=O) groups is 1. The Hall–Kier alpha value is -2.76. The second kappa shape index (κ2) is 6.27. The summed E-state index contributed by atoms with van der Waals surface area (Å²) in [4.78, 5) is 20.4. The van der Waals surface area contributed by atoms with Crippen LogP contribution in [0.3, 0.4) is 0 Å². The lowest BCUT2D eigenvalue weighted by Crippen LogP contribution is -2.22. The van der Waals surface area contributed by atoms with Crippen LogP contribution in [-0.2, 0) is 12.8 Å². The summed E-state index contributed by atoms with van der Waals surface area (Å²) in [5, 5.41) is 4.07. The summed E-state index contributed by atoms with van der Waals surface area (Å²) in [5.41, 5.74) is 2.82. The Kier molecular flexibility index (Phi) is 3.95. The molecule has 0 fully saturated rings. The molecule has 1 N–H and O–H groups in total. The van der Waals surface area contributed by atoms with Crippen LogP contribution in [0.4, 0.5) is 4.39 Å². The van der Waals surface area contributed by atoms with Crippen molar-refractivity contribution in [3.8, 4) is 11.3 Å². The first-order chi connectivity index (χ1) is 12.1. The normalized spacial score (nSPS) is 16.9. The van der Waals surface area contributed by atoms with Crippen LogP contribution in [-0.4, -0.2) is 20.9 Å². The quantitative estimate of drug-likeness (QED) is 0.783. The third kappa shape index (κ3) is 2.99. The predicted octanol–water partition coefficient (Wildman–Crippen LogP) is 3.89. The summed E-state index contributed by atoms with van der Waals surface area (Å²) in [6.07, 6.45) is 4.81. The molecule has 5 nitrogen and oxygen atoms in total. The Labute approximate surface area is 144 Å². The summed E-state index contributed by atoms with van der Waals surface area (Å²) in [6, 6.07) is 5.97. The van der Waals surface area contributed by atoms with E-state index in [1.165, 1.54) is 12.1 Å². The maximum atomic E-state index is 13.2. The summed E-state index contributed by atoms with van der Waals surface area (Å²) in [7, 11) is 0. The molecule has 1 atom stereocenters. The van der Waals surface area contributed by atoms with E-state index in [9.17, 15) is 9.18 Å². The van der Waals surface area contributed by atoms with Gasteiger partial charge >= 0.3 is 0 Å². The van der Waals surface area contributed by atoms with Gasteiger partial charge in [0.05, 0.1) is 5.56 Å². The number of nitrogens with zero attached hydrogens (tertiary/aromatic N) is 2. The van der Waals surface area contributed by atoms with E-state index in [-0.39, 0.29) is 17.5 Å². The molecule has 6 heteroatoms. The van der Waals surface area contributed by atoms with Crippen LogP contribution >= 0.6 is 0 Å². The van der Waals surface area contributed by atoms with Crippen molar-refractivity contribution in [3.05, 3.63) is 59.1 Å². The number of hydrogen-bond donors (Lipinski definition) is 1. The number of aromatic nitrogens is 3. The molecule has 4 rings (SSSR count). The van der Waals surface area contributed by atoms with Gasteiger partial charge in [-0.3, -0.25) is 4.79 Å². The molecule has 0 aliphatic heterocycles. The van der Waals surface area contributed by atoms with E-state index in [4.69, 9.17) is 4.52 Å². The Bertz CT molecular complexity index is 911. The zero-order valence-electron chi connectivity index (χ0n) is 13.9. The van der Waals surface area contributed by atoms with Gasteiger partial charge in [0.15, 0.2) is 5.78 Å². The molecule has 0 saturated heterocycles. The Morgan fingerprint density at radius 2 is 2.12 bits per heavy atom. The number of rotatable bonds is 4. The highest BCUT2D eigenvalue weighted by atomic mass is 19.1. The van der Waals surface area contributed by atoms with E-state index in [2.05, 4.69) is 15.1 Å². The van der Waals surface area contributed by atoms with E-state index in [0.29, 0.717) is 29.0 Å². The van der Waals surface area contributed by atoms with Crippen LogP contribution in [0.1, 0.15) is 40.5 Å². The monoisotopic (exact) mass is 339 g/mol. The van der Waals surface area contributed by atoms with Gasteiger partial charge in [0.2, 0.25) is 0 Å². The highest BCUT2D eigenvalue weighted by Gasteiger charge is 2.33. The Balaban J connectivity index is 1.57. The molecule has 0 spiro atoms. The van der Waals surface area contributed by atoms with Crippen LogP contribution in [0.5, 0.6) is 0 Å². The van der Waals surface area contributed by atoms with Gasteiger partial charge in [0.1, 0.15) is 23.1 Å². The molecule has 0 bridgehead atoms. The van der Waals surface area contributed by atoms with Crippen molar-refractivity contribution in [1.82, 2.24) is 15.1 Å². The average molecular weight is 339 g/mol. The highest BCUT2D eigenvalue weighted by Crippen LogP contribution is 2.35. The number of nitrogens with one attached hydrogen (secondary N) is 1. The number of carbonyl (C=O) groups excluding carboxylic acids is 1. The summed E-state index contributed by atoms with van der Waals surface area (Å²) in [5.74, 6) is 1.20. The van der Waals surface area contributed by atoms with Crippen LogP contribution in [0.15, 0.2) is 35.0 Å². The van der Waals surface area contributed by atoms with Crippen LogP contribution in [0.2, 0.25) is 0 Å². The molecular formula is C19H18FN3O2. The van der Waals surface area contributed by atoms with Gasteiger partial charge in [-0.15, -0.1) is 0 Å². The number of aromatic amines is 1. The minimum atomic E-state index is -0.319. The largest absolute Gasteiger partial charge is 0.360 e. The fraction of sp³-hybridized carbons (Fsp3) is 0.316. The molecule has 0 saturated carbocycles. The molecule has 128 valence electrons. The number of ketones is 1. The van der Waals surface area contributed by atoms with Gasteiger partial charge in [-0.05, 0) is 50.5 Å². The third-order valence-corrected chi connectivity index (χ3v) is 4.74.